The van der Waals surface area contributed by atoms with Crippen molar-refractivity contribution in [1.82, 2.24) is 10.3 Å². The smallest absolute Gasteiger partial charge is 0.319 e. The molecule has 7 nitrogen and oxygen atoms in total. The summed E-state index contributed by atoms with van der Waals surface area (Å²) < 4.78 is 6.76. The van der Waals surface area contributed by atoms with E-state index in [-0.39, 0.29) is 6.03 Å². The summed E-state index contributed by atoms with van der Waals surface area (Å²) >= 11 is 1.78. The molecule has 2 aliphatic heterocycles. The molecule has 5 rings (SSSR count). The van der Waals surface area contributed by atoms with Crippen molar-refractivity contribution in [1.29, 1.82) is 0 Å². The molecule has 2 fully saturated rings. The minimum Gasteiger partial charge on any atom is -0.378 e. The second kappa shape index (κ2) is 9.97. The Morgan fingerprint density at radius 2 is 1.76 bits per heavy atom. The zero-order valence-corrected chi connectivity index (χ0v) is 19.9. The number of carbonyl (C=O) groups excluding carboxylic acids is 1. The molecule has 0 unspecified atom stereocenters. The van der Waals surface area contributed by atoms with Crippen molar-refractivity contribution >= 4 is 44.1 Å². The van der Waals surface area contributed by atoms with Gasteiger partial charge in [0, 0.05) is 38.4 Å². The summed E-state index contributed by atoms with van der Waals surface area (Å²) in [6.45, 7) is 7.98. The van der Waals surface area contributed by atoms with Gasteiger partial charge in [0.1, 0.15) is 5.52 Å². The normalized spacial score (nSPS) is 16.8. The highest BCUT2D eigenvalue weighted by Gasteiger charge is 2.21. The minimum atomic E-state index is -0.181. The number of ether oxygens (including phenoxy) is 1. The molecule has 8 heteroatoms. The van der Waals surface area contributed by atoms with Crippen LogP contribution in [0.5, 0.6) is 0 Å². The van der Waals surface area contributed by atoms with Crippen LogP contribution in [0, 0.1) is 0 Å². The number of nitrogens with zero attached hydrogens (tertiary/aromatic N) is 3. The van der Waals surface area contributed by atoms with Crippen molar-refractivity contribution < 1.29 is 9.53 Å². The van der Waals surface area contributed by atoms with E-state index in [1.165, 1.54) is 35.2 Å². The van der Waals surface area contributed by atoms with Crippen LogP contribution in [0.1, 0.15) is 26.2 Å². The van der Waals surface area contributed by atoms with Crippen LogP contribution in [0.2, 0.25) is 0 Å². The lowest BCUT2D eigenvalue weighted by Crippen LogP contribution is -2.36. The lowest BCUT2D eigenvalue weighted by molar-refractivity contribution is 0.122. The summed E-state index contributed by atoms with van der Waals surface area (Å²) in [4.78, 5) is 21.8. The molecule has 0 bridgehead atoms. The highest BCUT2D eigenvalue weighted by molar-refractivity contribution is 7.22. The molecule has 0 saturated carbocycles. The SMILES string of the molecule is CCNC(=O)Nc1ccc(-c2cc(N3CCCCC3)c3nc(N4CCOCC4)sc3c2)cc1. The van der Waals surface area contributed by atoms with Gasteiger partial charge in [-0.05, 0) is 61.6 Å². The van der Waals surface area contributed by atoms with E-state index < -0.39 is 0 Å². The molecule has 0 spiro atoms. The van der Waals surface area contributed by atoms with Crippen molar-refractivity contribution in [2.45, 2.75) is 26.2 Å². The molecule has 0 radical (unpaired) electrons. The summed E-state index contributed by atoms with van der Waals surface area (Å²) in [5, 5.41) is 6.72. The summed E-state index contributed by atoms with van der Waals surface area (Å²) in [5.74, 6) is 0. The van der Waals surface area contributed by atoms with Crippen LogP contribution in [-0.2, 0) is 4.74 Å². The molecule has 0 aliphatic carbocycles. The first-order valence-electron chi connectivity index (χ1n) is 11.9. The molecule has 0 atom stereocenters. The third-order valence-corrected chi connectivity index (χ3v) is 7.32. The second-order valence-electron chi connectivity index (χ2n) is 8.55. The molecular weight excluding hydrogens is 434 g/mol. The highest BCUT2D eigenvalue weighted by Crippen LogP contribution is 2.39. The van der Waals surface area contributed by atoms with Gasteiger partial charge in [0.2, 0.25) is 0 Å². The fourth-order valence-electron chi connectivity index (χ4n) is 4.51. The van der Waals surface area contributed by atoms with Crippen molar-refractivity contribution in [2.75, 3.05) is 61.1 Å². The van der Waals surface area contributed by atoms with E-state index >= 15 is 0 Å². The highest BCUT2D eigenvalue weighted by atomic mass is 32.1. The van der Waals surface area contributed by atoms with Crippen LogP contribution in [0.4, 0.5) is 21.3 Å². The summed E-state index contributed by atoms with van der Waals surface area (Å²) in [7, 11) is 0. The number of rotatable bonds is 5. The maximum atomic E-state index is 11.8. The third-order valence-electron chi connectivity index (χ3n) is 6.26. The Kier molecular flexibility index (Phi) is 6.64. The van der Waals surface area contributed by atoms with E-state index in [9.17, 15) is 4.79 Å². The zero-order chi connectivity index (χ0) is 22.6. The van der Waals surface area contributed by atoms with Crippen LogP contribution < -0.4 is 20.4 Å². The first-order chi connectivity index (χ1) is 16.2. The largest absolute Gasteiger partial charge is 0.378 e. The van der Waals surface area contributed by atoms with Crippen LogP contribution >= 0.6 is 11.3 Å². The van der Waals surface area contributed by atoms with Crippen LogP contribution in [-0.4, -0.2) is 57.0 Å². The maximum Gasteiger partial charge on any atom is 0.319 e. The van der Waals surface area contributed by atoms with E-state index in [4.69, 9.17) is 9.72 Å². The number of benzene rings is 2. The number of anilines is 3. The monoisotopic (exact) mass is 465 g/mol. The fraction of sp³-hybridized carbons (Fsp3) is 0.440. The quantitative estimate of drug-likeness (QED) is 0.559. The number of carbonyl (C=O) groups is 1. The summed E-state index contributed by atoms with van der Waals surface area (Å²) in [5.41, 5.74) is 5.46. The zero-order valence-electron chi connectivity index (χ0n) is 19.1. The molecule has 1 aromatic heterocycles. The van der Waals surface area contributed by atoms with Crippen LogP contribution in [0.25, 0.3) is 21.3 Å². The lowest BCUT2D eigenvalue weighted by atomic mass is 10.0. The molecule has 2 N–H and O–H groups in total. The van der Waals surface area contributed by atoms with Gasteiger partial charge in [-0.25, -0.2) is 9.78 Å². The van der Waals surface area contributed by atoms with Gasteiger partial charge in [0.25, 0.3) is 0 Å². The Hall–Kier alpha value is -2.84. The topological polar surface area (TPSA) is 69.7 Å². The van der Waals surface area contributed by atoms with Gasteiger partial charge in [0.05, 0.1) is 23.6 Å². The number of hydrogen-bond acceptors (Lipinski definition) is 6. The predicted octanol–water partition coefficient (Wildman–Crippen LogP) is 4.93. The Morgan fingerprint density at radius 1 is 1.00 bits per heavy atom. The van der Waals surface area contributed by atoms with E-state index in [0.29, 0.717) is 6.54 Å². The van der Waals surface area contributed by atoms with Gasteiger partial charge >= 0.3 is 6.03 Å². The Labute approximate surface area is 198 Å². The number of urea groups is 1. The Morgan fingerprint density at radius 3 is 2.48 bits per heavy atom. The Bertz CT molecular complexity index is 1100. The molecule has 2 aliphatic rings. The van der Waals surface area contributed by atoms with E-state index in [2.05, 4.69) is 44.7 Å². The number of nitrogens with one attached hydrogen (secondary N) is 2. The van der Waals surface area contributed by atoms with E-state index in [1.54, 1.807) is 11.3 Å². The van der Waals surface area contributed by atoms with Crippen molar-refractivity contribution in [3.8, 4) is 11.1 Å². The molecule has 33 heavy (non-hydrogen) atoms. The van der Waals surface area contributed by atoms with Gasteiger partial charge in [-0.3, -0.25) is 0 Å². The lowest BCUT2D eigenvalue weighted by Gasteiger charge is -2.29. The predicted molar refractivity (Wildman–Crippen MR) is 137 cm³/mol. The first kappa shape index (κ1) is 22.0. The van der Waals surface area contributed by atoms with Gasteiger partial charge in [-0.1, -0.05) is 23.5 Å². The molecular formula is C25H31N5O2S. The third kappa shape index (κ3) is 4.91. The standard InChI is InChI=1S/C25H31N5O2S/c1-2-26-24(31)27-20-8-6-18(7-9-20)19-16-21(29-10-4-3-5-11-29)23-22(17-19)33-25(28-23)30-12-14-32-15-13-30/h6-9,16-17H,2-5,10-15H2,1H3,(H2,26,27,31). The van der Waals surface area contributed by atoms with E-state index in [1.807, 2.05) is 19.1 Å². The van der Waals surface area contributed by atoms with Gasteiger partial charge in [0.15, 0.2) is 5.13 Å². The average Bonchev–Trinajstić information content (AvgIpc) is 3.29. The van der Waals surface area contributed by atoms with Gasteiger partial charge in [-0.15, -0.1) is 0 Å². The molecule has 3 heterocycles. The van der Waals surface area contributed by atoms with Crippen molar-refractivity contribution in [2.24, 2.45) is 0 Å². The average molecular weight is 466 g/mol. The van der Waals surface area contributed by atoms with E-state index in [0.717, 1.165) is 61.3 Å². The van der Waals surface area contributed by atoms with Gasteiger partial charge in [-0.2, -0.15) is 0 Å². The summed E-state index contributed by atoms with van der Waals surface area (Å²) in [6, 6.07) is 12.4. The first-order valence-corrected chi connectivity index (χ1v) is 12.7. The molecule has 2 saturated heterocycles. The van der Waals surface area contributed by atoms with Crippen molar-refractivity contribution in [3.63, 3.8) is 0 Å². The number of piperidine rings is 1. The number of hydrogen-bond donors (Lipinski definition) is 2. The second-order valence-corrected chi connectivity index (χ2v) is 9.56. The number of morpholine rings is 1. The molecule has 2 amide bonds. The molecule has 3 aromatic rings. The van der Waals surface area contributed by atoms with Gasteiger partial charge < -0.3 is 25.2 Å². The molecule has 2 aromatic carbocycles. The number of amides is 2. The number of aromatic nitrogens is 1. The Balaban J connectivity index is 1.49. The molecule has 174 valence electrons. The number of thiazole rings is 1. The van der Waals surface area contributed by atoms with Crippen molar-refractivity contribution in [3.05, 3.63) is 36.4 Å². The summed E-state index contributed by atoms with van der Waals surface area (Å²) in [6.07, 6.45) is 3.76. The van der Waals surface area contributed by atoms with Crippen LogP contribution in [0.15, 0.2) is 36.4 Å². The van der Waals surface area contributed by atoms with Crippen LogP contribution in [0.3, 0.4) is 0 Å². The minimum absolute atomic E-state index is 0.181. The fourth-order valence-corrected chi connectivity index (χ4v) is 5.59. The maximum absolute atomic E-state index is 11.8. The number of fused-ring (bicyclic) bond motifs is 1.